The van der Waals surface area contributed by atoms with Crippen LogP contribution in [0.3, 0.4) is 0 Å². The van der Waals surface area contributed by atoms with Gasteiger partial charge in [0.05, 0.1) is 11.1 Å². The van der Waals surface area contributed by atoms with E-state index in [2.05, 4.69) is 26.3 Å². The largest absolute Gasteiger partial charge is 0.361 e. The van der Waals surface area contributed by atoms with Gasteiger partial charge in [-0.05, 0) is 73.0 Å². The van der Waals surface area contributed by atoms with Gasteiger partial charge in [0.1, 0.15) is 11.9 Å². The molecule has 3 aromatic heterocycles. The minimum atomic E-state index is -0.371. The molecule has 6 nitrogen and oxygen atoms in total. The van der Waals surface area contributed by atoms with Crippen LogP contribution in [-0.2, 0) is 13.0 Å². The molecule has 35 heavy (non-hydrogen) atoms. The zero-order valence-electron chi connectivity index (χ0n) is 19.3. The monoisotopic (exact) mass is 463 g/mol. The fourth-order valence-electron chi connectivity index (χ4n) is 4.28. The molecule has 0 saturated heterocycles. The highest BCUT2D eigenvalue weighted by Gasteiger charge is 2.12. The van der Waals surface area contributed by atoms with Gasteiger partial charge in [0, 0.05) is 64.7 Å². The Bertz CT molecular complexity index is 1650. The first-order chi connectivity index (χ1) is 16.9. The van der Waals surface area contributed by atoms with Gasteiger partial charge in [-0.1, -0.05) is 0 Å². The Morgan fingerprint density at radius 2 is 2.00 bits per heavy atom. The Morgan fingerprint density at radius 1 is 1.14 bits per heavy atom. The highest BCUT2D eigenvalue weighted by atomic mass is 19.1. The van der Waals surface area contributed by atoms with Gasteiger partial charge in [-0.3, -0.25) is 14.8 Å². The van der Waals surface area contributed by atoms with Crippen molar-refractivity contribution in [3.8, 4) is 6.07 Å². The van der Waals surface area contributed by atoms with E-state index in [4.69, 9.17) is 0 Å². The molecule has 0 aliphatic heterocycles. The van der Waals surface area contributed by atoms with E-state index in [1.807, 2.05) is 32.2 Å². The minimum absolute atomic E-state index is 0.0748. The Balaban J connectivity index is 1.35. The van der Waals surface area contributed by atoms with E-state index in [1.54, 1.807) is 36.7 Å². The first-order valence-corrected chi connectivity index (χ1v) is 11.2. The van der Waals surface area contributed by atoms with Crippen LogP contribution in [0.25, 0.3) is 21.8 Å². The maximum Gasteiger partial charge on any atom is 0.251 e. The Hall–Kier alpha value is -4.57. The molecule has 0 fully saturated rings. The van der Waals surface area contributed by atoms with Crippen molar-refractivity contribution in [3.05, 3.63) is 106 Å². The lowest BCUT2D eigenvalue weighted by Crippen LogP contribution is -2.23. The highest BCUT2D eigenvalue weighted by Crippen LogP contribution is 2.23. The number of carbonyl (C=O) groups excluding carboxylic acids is 1. The van der Waals surface area contributed by atoms with Crippen LogP contribution in [0.1, 0.15) is 43.9 Å². The molecule has 0 spiro atoms. The second-order valence-electron chi connectivity index (χ2n) is 8.70. The number of pyridine rings is 2. The van der Waals surface area contributed by atoms with Crippen LogP contribution in [0.5, 0.6) is 0 Å². The Kier molecular flexibility index (Phi) is 5.71. The number of nitrogens with zero attached hydrogens (tertiary/aromatic N) is 3. The fraction of sp³-hybridized carbons (Fsp3) is 0.143. The molecule has 2 N–H and O–H groups in total. The summed E-state index contributed by atoms with van der Waals surface area (Å²) < 4.78 is 14.5. The number of rotatable bonds is 5. The standard InChI is InChI=1S/C28H22FN5O/c1-16-5-20-6-18(7-21(12-30)27(20)33-13-16)8-23-9-19(3-4-31-23)28(35)34-15-22-10-24-17(2)14-32-26(24)11-25(22)29/h3-7,9-11,13-14,32H,8,15H2,1-2H3,(H,34,35). The maximum absolute atomic E-state index is 14.5. The lowest BCUT2D eigenvalue weighted by atomic mass is 10.0. The quantitative estimate of drug-likeness (QED) is 0.372. The Morgan fingerprint density at radius 3 is 2.83 bits per heavy atom. The van der Waals surface area contributed by atoms with Crippen LogP contribution in [-0.4, -0.2) is 20.9 Å². The molecule has 0 radical (unpaired) electrons. The fourth-order valence-corrected chi connectivity index (χ4v) is 4.28. The van der Waals surface area contributed by atoms with E-state index in [1.165, 1.54) is 6.07 Å². The van der Waals surface area contributed by atoms with Crippen molar-refractivity contribution in [2.45, 2.75) is 26.8 Å². The summed E-state index contributed by atoms with van der Waals surface area (Å²) in [6, 6.07) is 14.6. The average Bonchev–Trinajstić information content (AvgIpc) is 3.20. The lowest BCUT2D eigenvalue weighted by molar-refractivity contribution is 0.0950. The van der Waals surface area contributed by atoms with Crippen LogP contribution in [0.2, 0.25) is 0 Å². The van der Waals surface area contributed by atoms with Crippen LogP contribution in [0.4, 0.5) is 4.39 Å². The maximum atomic E-state index is 14.5. The van der Waals surface area contributed by atoms with Crippen molar-refractivity contribution in [2.24, 2.45) is 0 Å². The molecular weight excluding hydrogens is 441 g/mol. The predicted octanol–water partition coefficient (Wildman–Crippen LogP) is 5.26. The van der Waals surface area contributed by atoms with Crippen LogP contribution in [0.15, 0.2) is 61.1 Å². The van der Waals surface area contributed by atoms with Crippen molar-refractivity contribution < 1.29 is 9.18 Å². The predicted molar refractivity (Wildman–Crippen MR) is 132 cm³/mol. The smallest absolute Gasteiger partial charge is 0.251 e. The molecule has 7 heteroatoms. The first kappa shape index (κ1) is 22.2. The molecule has 3 heterocycles. The second-order valence-corrected chi connectivity index (χ2v) is 8.70. The topological polar surface area (TPSA) is 94.5 Å². The van der Waals surface area contributed by atoms with E-state index < -0.39 is 0 Å². The van der Waals surface area contributed by atoms with Gasteiger partial charge in [-0.25, -0.2) is 4.39 Å². The third-order valence-electron chi connectivity index (χ3n) is 6.06. The Labute approximate surface area is 201 Å². The summed E-state index contributed by atoms with van der Waals surface area (Å²) in [6.45, 7) is 3.98. The molecular formula is C28H22FN5O. The number of nitriles is 1. The van der Waals surface area contributed by atoms with Crippen molar-refractivity contribution in [3.63, 3.8) is 0 Å². The molecule has 0 saturated carbocycles. The first-order valence-electron chi connectivity index (χ1n) is 11.2. The van der Waals surface area contributed by atoms with Crippen molar-refractivity contribution in [1.82, 2.24) is 20.3 Å². The second kappa shape index (κ2) is 8.99. The number of amides is 1. The molecule has 0 aliphatic carbocycles. The molecule has 5 rings (SSSR count). The van der Waals surface area contributed by atoms with E-state index in [-0.39, 0.29) is 18.3 Å². The van der Waals surface area contributed by atoms with Gasteiger partial charge >= 0.3 is 0 Å². The SMILES string of the molecule is Cc1cnc2c(C#N)cc(Cc3cc(C(=O)NCc4cc5c(C)c[nH]c5cc4F)ccn3)cc2c1. The number of halogens is 1. The molecule has 5 aromatic rings. The highest BCUT2D eigenvalue weighted by molar-refractivity contribution is 5.94. The molecule has 0 unspecified atom stereocenters. The van der Waals surface area contributed by atoms with E-state index >= 15 is 0 Å². The summed E-state index contributed by atoms with van der Waals surface area (Å²) in [5, 5.41) is 14.2. The number of aryl methyl sites for hydroxylation is 2. The van der Waals surface area contributed by atoms with E-state index in [0.717, 1.165) is 33.0 Å². The number of carbonyl (C=O) groups is 1. The van der Waals surface area contributed by atoms with Gasteiger partial charge in [0.15, 0.2) is 0 Å². The molecule has 2 aromatic carbocycles. The number of hydrogen-bond donors (Lipinski definition) is 2. The zero-order valence-corrected chi connectivity index (χ0v) is 19.3. The molecule has 0 bridgehead atoms. The van der Waals surface area contributed by atoms with Gasteiger partial charge in [-0.2, -0.15) is 5.26 Å². The van der Waals surface area contributed by atoms with Gasteiger partial charge < -0.3 is 10.3 Å². The van der Waals surface area contributed by atoms with Crippen LogP contribution >= 0.6 is 0 Å². The third kappa shape index (κ3) is 4.46. The number of fused-ring (bicyclic) bond motifs is 2. The summed E-state index contributed by atoms with van der Waals surface area (Å²) in [4.78, 5) is 24.6. The molecule has 0 atom stereocenters. The number of nitrogens with one attached hydrogen (secondary N) is 2. The van der Waals surface area contributed by atoms with E-state index in [9.17, 15) is 14.4 Å². The van der Waals surface area contributed by atoms with E-state index in [0.29, 0.717) is 34.3 Å². The van der Waals surface area contributed by atoms with Crippen molar-refractivity contribution in [2.75, 3.05) is 0 Å². The molecule has 1 amide bonds. The number of aromatic nitrogens is 3. The normalized spacial score (nSPS) is 11.0. The van der Waals surface area contributed by atoms with Crippen molar-refractivity contribution >= 4 is 27.7 Å². The lowest BCUT2D eigenvalue weighted by Gasteiger charge is -2.09. The van der Waals surface area contributed by atoms with Gasteiger partial charge in [0.25, 0.3) is 5.91 Å². The molecule has 172 valence electrons. The summed E-state index contributed by atoms with van der Waals surface area (Å²) >= 11 is 0. The minimum Gasteiger partial charge on any atom is -0.361 e. The summed E-state index contributed by atoms with van der Waals surface area (Å²) in [6.07, 6.45) is 5.61. The van der Waals surface area contributed by atoms with Gasteiger partial charge in [-0.15, -0.1) is 0 Å². The number of H-pyrrole nitrogens is 1. The summed E-state index contributed by atoms with van der Waals surface area (Å²) in [5.41, 5.74) is 6.39. The average molecular weight is 464 g/mol. The number of aromatic amines is 1. The number of hydrogen-bond acceptors (Lipinski definition) is 4. The van der Waals surface area contributed by atoms with Gasteiger partial charge in [0.2, 0.25) is 0 Å². The van der Waals surface area contributed by atoms with Crippen molar-refractivity contribution in [1.29, 1.82) is 5.26 Å². The third-order valence-corrected chi connectivity index (χ3v) is 6.06. The molecule has 0 aliphatic rings. The zero-order chi connectivity index (χ0) is 24.5. The summed E-state index contributed by atoms with van der Waals surface area (Å²) in [5.74, 6) is -0.681. The van der Waals surface area contributed by atoms with Crippen LogP contribution in [0, 0.1) is 31.0 Å². The number of benzene rings is 2. The summed E-state index contributed by atoms with van der Waals surface area (Å²) in [7, 11) is 0. The van der Waals surface area contributed by atoms with Crippen LogP contribution < -0.4 is 5.32 Å².